The van der Waals surface area contributed by atoms with E-state index in [1.165, 1.54) is 109 Å². The van der Waals surface area contributed by atoms with E-state index in [2.05, 4.69) is 13.5 Å². The summed E-state index contributed by atoms with van der Waals surface area (Å²) in [6.45, 7) is 4.93. The maximum Gasteiger partial charge on any atom is 0.306 e. The van der Waals surface area contributed by atoms with Gasteiger partial charge in [0.1, 0.15) is 31.0 Å². The highest BCUT2D eigenvalue weighted by Gasteiger charge is 2.44. The Morgan fingerprint density at radius 1 is 0.627 bits per heavy atom. The standard InChI is InChI=1S/C41H76O10/c1-3-5-7-9-11-13-15-16-17-18-20-21-23-25-27-29-36(43)48-32-34(33-49-41-40(47)39(46)38(45)35(31-42)51-41)50-37(44)30-28-26-24-22-19-14-12-10-8-6-4-2/h3,34-35,38-42,45-47H,1,4-33H2,2H3/t34-,35-,38+,39?,40?,41-/m0/s1. The molecule has 1 fully saturated rings. The van der Waals surface area contributed by atoms with E-state index in [1.54, 1.807) is 0 Å². The van der Waals surface area contributed by atoms with Crippen LogP contribution in [-0.2, 0) is 28.5 Å². The molecule has 0 aromatic rings. The first-order valence-electron chi connectivity index (χ1n) is 20.7. The average Bonchev–Trinajstić information content (AvgIpc) is 3.13. The van der Waals surface area contributed by atoms with Crippen LogP contribution in [0.25, 0.3) is 0 Å². The van der Waals surface area contributed by atoms with Crippen LogP contribution in [0.5, 0.6) is 0 Å². The minimum Gasteiger partial charge on any atom is -0.462 e. The first kappa shape index (κ1) is 47.5. The molecule has 4 N–H and O–H groups in total. The quantitative estimate of drug-likeness (QED) is 0.0287. The van der Waals surface area contributed by atoms with Crippen molar-refractivity contribution in [2.75, 3.05) is 19.8 Å². The third-order valence-corrected chi connectivity index (χ3v) is 9.80. The minimum absolute atomic E-state index is 0.213. The summed E-state index contributed by atoms with van der Waals surface area (Å²) in [5, 5.41) is 39.9. The highest BCUT2D eigenvalue weighted by molar-refractivity contribution is 5.70. The molecule has 0 aliphatic carbocycles. The zero-order valence-corrected chi connectivity index (χ0v) is 32.2. The third kappa shape index (κ3) is 25.2. The summed E-state index contributed by atoms with van der Waals surface area (Å²) < 4.78 is 22.1. The molecular formula is C41H76O10. The summed E-state index contributed by atoms with van der Waals surface area (Å²) in [7, 11) is 0. The number of hydrogen-bond donors (Lipinski definition) is 4. The van der Waals surface area contributed by atoms with E-state index in [0.717, 1.165) is 44.9 Å². The van der Waals surface area contributed by atoms with Gasteiger partial charge in [0.25, 0.3) is 0 Å². The Labute approximate surface area is 310 Å². The van der Waals surface area contributed by atoms with Gasteiger partial charge in [-0.05, 0) is 25.7 Å². The Balaban J connectivity index is 2.34. The summed E-state index contributed by atoms with van der Waals surface area (Å²) in [6.07, 6.45) is 24.0. The number of carbonyl (C=O) groups excluding carboxylic acids is 2. The summed E-state index contributed by atoms with van der Waals surface area (Å²) in [5.41, 5.74) is 0. The van der Waals surface area contributed by atoms with Gasteiger partial charge in [-0.15, -0.1) is 6.58 Å². The molecule has 0 aromatic heterocycles. The summed E-state index contributed by atoms with van der Waals surface area (Å²) in [5.74, 6) is -0.803. The Morgan fingerprint density at radius 2 is 1.08 bits per heavy atom. The smallest absolute Gasteiger partial charge is 0.306 e. The molecule has 51 heavy (non-hydrogen) atoms. The largest absolute Gasteiger partial charge is 0.462 e. The van der Waals surface area contributed by atoms with Crippen LogP contribution in [-0.4, -0.2) is 89.0 Å². The van der Waals surface area contributed by atoms with Crippen LogP contribution in [0.2, 0.25) is 0 Å². The Hall–Kier alpha value is -1.56. The maximum absolute atomic E-state index is 12.7. The minimum atomic E-state index is -1.59. The number of allylic oxidation sites excluding steroid dienone is 1. The van der Waals surface area contributed by atoms with Gasteiger partial charge < -0.3 is 39.4 Å². The molecule has 0 radical (unpaired) electrons. The van der Waals surface area contributed by atoms with Crippen molar-refractivity contribution >= 4 is 11.9 Å². The molecule has 1 aliphatic rings. The molecule has 300 valence electrons. The molecule has 1 rings (SSSR count). The van der Waals surface area contributed by atoms with E-state index in [4.69, 9.17) is 18.9 Å². The predicted octanol–water partition coefficient (Wildman–Crippen LogP) is 8.00. The SMILES string of the molecule is C=CCCCCCCCCCCCCCCCC(=O)OC[C@@H](CO[C@H]1O[C@@H](CO)[C@@H](O)C(O)C1O)OC(=O)CCCCCCCCCCCCC. The predicted molar refractivity (Wildman–Crippen MR) is 201 cm³/mol. The second kappa shape index (κ2) is 33.0. The number of esters is 2. The van der Waals surface area contributed by atoms with Gasteiger partial charge in [0.05, 0.1) is 13.2 Å². The first-order valence-corrected chi connectivity index (χ1v) is 20.7. The van der Waals surface area contributed by atoms with Crippen molar-refractivity contribution in [2.24, 2.45) is 0 Å². The fourth-order valence-corrected chi connectivity index (χ4v) is 6.46. The fourth-order valence-electron chi connectivity index (χ4n) is 6.46. The maximum atomic E-state index is 12.7. The van der Waals surface area contributed by atoms with Crippen molar-refractivity contribution in [1.82, 2.24) is 0 Å². The molecule has 2 unspecified atom stereocenters. The van der Waals surface area contributed by atoms with Crippen LogP contribution in [0.1, 0.15) is 180 Å². The zero-order chi connectivity index (χ0) is 37.4. The average molecular weight is 729 g/mol. The Kier molecular flexibility index (Phi) is 30.7. The number of carbonyl (C=O) groups is 2. The molecule has 0 amide bonds. The molecule has 10 heteroatoms. The van der Waals surface area contributed by atoms with Crippen LogP contribution in [0, 0.1) is 0 Å². The van der Waals surface area contributed by atoms with Crippen molar-refractivity contribution < 1.29 is 49.0 Å². The normalized spacial score (nSPS) is 21.0. The molecule has 0 spiro atoms. The molecule has 0 bridgehead atoms. The van der Waals surface area contributed by atoms with E-state index in [-0.39, 0.29) is 32.0 Å². The van der Waals surface area contributed by atoms with Gasteiger partial charge in [0.2, 0.25) is 0 Å². The second-order valence-electron chi connectivity index (χ2n) is 14.5. The van der Waals surface area contributed by atoms with Crippen molar-refractivity contribution in [3.05, 3.63) is 12.7 Å². The molecule has 1 saturated heterocycles. The van der Waals surface area contributed by atoms with Crippen molar-refractivity contribution in [3.63, 3.8) is 0 Å². The lowest BCUT2D eigenvalue weighted by atomic mass is 9.99. The molecule has 10 nitrogen and oxygen atoms in total. The van der Waals surface area contributed by atoms with Gasteiger partial charge in [-0.1, -0.05) is 148 Å². The van der Waals surface area contributed by atoms with Gasteiger partial charge in [-0.2, -0.15) is 0 Å². The monoisotopic (exact) mass is 729 g/mol. The van der Waals surface area contributed by atoms with Crippen LogP contribution in [0.4, 0.5) is 0 Å². The van der Waals surface area contributed by atoms with Gasteiger partial charge in [-0.3, -0.25) is 9.59 Å². The van der Waals surface area contributed by atoms with Crippen molar-refractivity contribution in [3.8, 4) is 0 Å². The number of aliphatic hydroxyl groups excluding tert-OH is 4. The van der Waals surface area contributed by atoms with Gasteiger partial charge >= 0.3 is 11.9 Å². The van der Waals surface area contributed by atoms with Crippen LogP contribution < -0.4 is 0 Å². The van der Waals surface area contributed by atoms with E-state index in [0.29, 0.717) is 6.42 Å². The molecule has 0 aromatic carbocycles. The van der Waals surface area contributed by atoms with E-state index >= 15 is 0 Å². The van der Waals surface area contributed by atoms with E-state index in [9.17, 15) is 30.0 Å². The molecule has 1 heterocycles. The molecule has 1 aliphatic heterocycles. The number of hydrogen-bond acceptors (Lipinski definition) is 10. The van der Waals surface area contributed by atoms with Crippen LogP contribution in [0.15, 0.2) is 12.7 Å². The van der Waals surface area contributed by atoms with E-state index in [1.807, 2.05) is 6.08 Å². The third-order valence-electron chi connectivity index (χ3n) is 9.80. The summed E-state index contributed by atoms with van der Waals surface area (Å²) in [4.78, 5) is 25.2. The highest BCUT2D eigenvalue weighted by atomic mass is 16.7. The zero-order valence-electron chi connectivity index (χ0n) is 32.2. The molecule has 0 saturated carbocycles. The number of ether oxygens (including phenoxy) is 4. The lowest BCUT2D eigenvalue weighted by molar-refractivity contribution is -0.305. The topological polar surface area (TPSA) is 152 Å². The lowest BCUT2D eigenvalue weighted by Gasteiger charge is -2.39. The second-order valence-corrected chi connectivity index (χ2v) is 14.5. The number of aliphatic hydroxyl groups is 4. The molecule has 6 atom stereocenters. The van der Waals surface area contributed by atoms with Crippen molar-refractivity contribution in [1.29, 1.82) is 0 Å². The summed E-state index contributed by atoms with van der Waals surface area (Å²) in [6, 6.07) is 0. The number of unbranched alkanes of at least 4 members (excludes halogenated alkanes) is 23. The number of rotatable bonds is 35. The van der Waals surface area contributed by atoms with E-state index < -0.39 is 49.4 Å². The van der Waals surface area contributed by atoms with Crippen LogP contribution >= 0.6 is 0 Å². The first-order chi connectivity index (χ1) is 24.8. The van der Waals surface area contributed by atoms with Gasteiger partial charge in [0.15, 0.2) is 12.4 Å². The fraction of sp³-hybridized carbons (Fsp3) is 0.902. The summed E-state index contributed by atoms with van der Waals surface area (Å²) >= 11 is 0. The highest BCUT2D eigenvalue weighted by Crippen LogP contribution is 2.23. The van der Waals surface area contributed by atoms with Crippen LogP contribution in [0.3, 0.4) is 0 Å². The van der Waals surface area contributed by atoms with Gasteiger partial charge in [-0.25, -0.2) is 0 Å². The Bertz CT molecular complexity index is 837. The lowest BCUT2D eigenvalue weighted by Crippen LogP contribution is -2.59. The Morgan fingerprint density at radius 3 is 1.55 bits per heavy atom. The van der Waals surface area contributed by atoms with Crippen molar-refractivity contribution in [2.45, 2.75) is 217 Å². The van der Waals surface area contributed by atoms with Gasteiger partial charge in [0, 0.05) is 12.8 Å². The molecular weight excluding hydrogens is 652 g/mol.